The van der Waals surface area contributed by atoms with Crippen molar-refractivity contribution in [1.82, 2.24) is 9.78 Å². The Morgan fingerprint density at radius 3 is 2.85 bits per heavy atom. The van der Waals surface area contributed by atoms with Crippen LogP contribution >= 0.6 is 11.6 Å². The third-order valence-corrected chi connectivity index (χ3v) is 4.21. The van der Waals surface area contributed by atoms with E-state index in [2.05, 4.69) is 5.10 Å². The topological polar surface area (TPSA) is 113 Å². The normalized spacial score (nSPS) is 11.1. The molecule has 1 heterocycles. The summed E-state index contributed by atoms with van der Waals surface area (Å²) >= 11 is 5.98. The maximum absolute atomic E-state index is 11.3. The van der Waals surface area contributed by atoms with E-state index >= 15 is 0 Å². The molecule has 3 aromatic rings. The summed E-state index contributed by atoms with van der Waals surface area (Å²) in [6.45, 7) is 0.643. The number of carbonyl (C=O) groups excluding carboxylic acids is 1. The van der Waals surface area contributed by atoms with E-state index in [1.165, 1.54) is 6.07 Å². The summed E-state index contributed by atoms with van der Waals surface area (Å²) in [5.74, 6) is -0.783. The van der Waals surface area contributed by atoms with Gasteiger partial charge in [-0.05, 0) is 18.2 Å². The quantitative estimate of drug-likeness (QED) is 0.380. The number of amides is 1. The van der Waals surface area contributed by atoms with Crippen molar-refractivity contribution >= 4 is 34.1 Å². The van der Waals surface area contributed by atoms with Gasteiger partial charge in [-0.1, -0.05) is 35.9 Å². The van der Waals surface area contributed by atoms with E-state index in [4.69, 9.17) is 22.1 Å². The summed E-state index contributed by atoms with van der Waals surface area (Å²) in [6, 6.07) is 10.1. The number of hydrogen-bond donors (Lipinski definition) is 1. The zero-order valence-electron chi connectivity index (χ0n) is 14.0. The van der Waals surface area contributed by atoms with E-state index < -0.39 is 16.5 Å². The Labute approximate surface area is 158 Å². The number of nitro benzene ring substituents is 1. The first-order valence-corrected chi connectivity index (χ1v) is 8.31. The molecule has 1 aromatic heterocycles. The van der Waals surface area contributed by atoms with Crippen molar-refractivity contribution in [2.24, 2.45) is 5.73 Å². The van der Waals surface area contributed by atoms with Crippen molar-refractivity contribution in [1.29, 1.82) is 0 Å². The summed E-state index contributed by atoms with van der Waals surface area (Å²) in [6.07, 6.45) is 5.36. The molecule has 0 fully saturated rings. The molecule has 0 aliphatic heterocycles. The SMILES string of the molecule is NC(=O)c1cc(OC/C=C/Cn2ncc3ccccc32)c(Cl)c([N+](=O)[O-])c1. The number of nitrogens with zero attached hydrogens (tertiary/aromatic N) is 3. The lowest BCUT2D eigenvalue weighted by atomic mass is 10.2. The Morgan fingerprint density at radius 2 is 2.11 bits per heavy atom. The molecule has 1 amide bonds. The van der Waals surface area contributed by atoms with Gasteiger partial charge in [-0.2, -0.15) is 5.10 Å². The zero-order valence-corrected chi connectivity index (χ0v) is 14.8. The van der Waals surface area contributed by atoms with Gasteiger partial charge in [-0.25, -0.2) is 0 Å². The molecule has 0 spiro atoms. The molecule has 2 N–H and O–H groups in total. The number of carbonyl (C=O) groups is 1. The average Bonchev–Trinajstić information content (AvgIpc) is 3.05. The molecule has 27 heavy (non-hydrogen) atoms. The van der Waals surface area contributed by atoms with Gasteiger partial charge in [0.15, 0.2) is 5.02 Å². The highest BCUT2D eigenvalue weighted by Crippen LogP contribution is 2.35. The van der Waals surface area contributed by atoms with Gasteiger partial charge in [0.2, 0.25) is 5.91 Å². The number of hydrogen-bond acceptors (Lipinski definition) is 5. The lowest BCUT2D eigenvalue weighted by molar-refractivity contribution is -0.384. The fourth-order valence-corrected chi connectivity index (χ4v) is 2.75. The van der Waals surface area contributed by atoms with Crippen LogP contribution in [0.3, 0.4) is 0 Å². The van der Waals surface area contributed by atoms with Crippen LogP contribution in [-0.2, 0) is 6.54 Å². The first-order valence-electron chi connectivity index (χ1n) is 7.93. The zero-order chi connectivity index (χ0) is 19.4. The van der Waals surface area contributed by atoms with E-state index in [1.807, 2.05) is 35.0 Å². The second-order valence-corrected chi connectivity index (χ2v) is 5.97. The molecular weight excluding hydrogens is 372 g/mol. The highest BCUT2D eigenvalue weighted by Gasteiger charge is 2.20. The van der Waals surface area contributed by atoms with Crippen LogP contribution < -0.4 is 10.5 Å². The fourth-order valence-electron chi connectivity index (χ4n) is 2.51. The standard InChI is InChI=1S/C18H15ClN4O4/c19-17-15(23(25)26)9-13(18(20)24)10-16(17)27-8-4-3-7-22-14-6-2-1-5-12(14)11-21-22/h1-6,9-11H,7-8H2,(H2,20,24)/b4-3+. The number of allylic oxidation sites excluding steroid dienone is 1. The Hall–Kier alpha value is -3.39. The minimum atomic E-state index is -0.805. The third-order valence-electron chi connectivity index (χ3n) is 3.83. The Balaban J connectivity index is 1.68. The highest BCUT2D eigenvalue weighted by molar-refractivity contribution is 6.34. The van der Waals surface area contributed by atoms with Crippen LogP contribution in [0.1, 0.15) is 10.4 Å². The number of nitro groups is 1. The number of ether oxygens (including phenoxy) is 1. The number of primary amides is 1. The van der Waals surface area contributed by atoms with Crippen LogP contribution in [0.25, 0.3) is 10.9 Å². The molecule has 8 nitrogen and oxygen atoms in total. The van der Waals surface area contributed by atoms with Crippen LogP contribution in [0.2, 0.25) is 5.02 Å². The number of fused-ring (bicyclic) bond motifs is 1. The minimum Gasteiger partial charge on any atom is -0.488 e. The monoisotopic (exact) mass is 386 g/mol. The number of rotatable bonds is 7. The summed E-state index contributed by atoms with van der Waals surface area (Å²) in [7, 11) is 0. The number of halogens is 1. The lowest BCUT2D eigenvalue weighted by Gasteiger charge is -2.08. The molecule has 0 aliphatic rings. The van der Waals surface area contributed by atoms with Gasteiger partial charge in [-0.15, -0.1) is 0 Å². The molecule has 0 saturated carbocycles. The van der Waals surface area contributed by atoms with Crippen molar-refractivity contribution in [3.8, 4) is 5.75 Å². The van der Waals surface area contributed by atoms with E-state index in [1.54, 1.807) is 12.3 Å². The molecule has 0 unspecified atom stereocenters. The summed E-state index contributed by atoms with van der Waals surface area (Å²) in [4.78, 5) is 21.7. The second-order valence-electron chi connectivity index (χ2n) is 5.60. The summed E-state index contributed by atoms with van der Waals surface area (Å²) in [5.41, 5.74) is 5.72. The summed E-state index contributed by atoms with van der Waals surface area (Å²) in [5, 5.41) is 16.2. The molecule has 2 aromatic carbocycles. The van der Waals surface area contributed by atoms with Gasteiger partial charge in [0.05, 0.1) is 23.2 Å². The van der Waals surface area contributed by atoms with Crippen LogP contribution in [-0.4, -0.2) is 27.2 Å². The van der Waals surface area contributed by atoms with Crippen molar-refractivity contribution in [3.05, 3.63) is 75.4 Å². The van der Waals surface area contributed by atoms with Gasteiger partial charge in [-0.3, -0.25) is 19.6 Å². The molecule has 0 bridgehead atoms. The molecule has 0 radical (unpaired) electrons. The van der Waals surface area contributed by atoms with Crippen LogP contribution in [0.5, 0.6) is 5.75 Å². The molecular formula is C18H15ClN4O4. The molecule has 3 rings (SSSR count). The van der Waals surface area contributed by atoms with Crippen LogP contribution in [0.4, 0.5) is 5.69 Å². The number of para-hydroxylation sites is 1. The Bertz CT molecular complexity index is 1050. The van der Waals surface area contributed by atoms with E-state index in [-0.39, 0.29) is 22.9 Å². The molecule has 9 heteroatoms. The fraction of sp³-hybridized carbons (Fsp3) is 0.111. The van der Waals surface area contributed by atoms with E-state index in [0.29, 0.717) is 6.54 Å². The maximum atomic E-state index is 11.3. The first kappa shape index (κ1) is 18.4. The predicted octanol–water partition coefficient (Wildman–Crippen LogP) is 3.33. The number of aromatic nitrogens is 2. The molecule has 0 saturated heterocycles. The van der Waals surface area contributed by atoms with Crippen molar-refractivity contribution in [2.75, 3.05) is 6.61 Å². The van der Waals surface area contributed by atoms with Crippen LogP contribution in [0.15, 0.2) is 54.7 Å². The Morgan fingerprint density at radius 1 is 1.33 bits per heavy atom. The lowest BCUT2D eigenvalue weighted by Crippen LogP contribution is -2.12. The van der Waals surface area contributed by atoms with Crippen molar-refractivity contribution in [3.63, 3.8) is 0 Å². The Kier molecular flexibility index (Phi) is 5.37. The second kappa shape index (κ2) is 7.88. The number of nitrogens with two attached hydrogens (primary N) is 1. The molecule has 0 aliphatic carbocycles. The molecule has 0 atom stereocenters. The van der Waals surface area contributed by atoms with Gasteiger partial charge in [0.1, 0.15) is 12.4 Å². The van der Waals surface area contributed by atoms with E-state index in [0.717, 1.165) is 17.0 Å². The predicted molar refractivity (Wildman–Crippen MR) is 101 cm³/mol. The largest absolute Gasteiger partial charge is 0.488 e. The van der Waals surface area contributed by atoms with Crippen molar-refractivity contribution in [2.45, 2.75) is 6.54 Å². The van der Waals surface area contributed by atoms with Crippen molar-refractivity contribution < 1.29 is 14.5 Å². The van der Waals surface area contributed by atoms with E-state index in [9.17, 15) is 14.9 Å². The first-order chi connectivity index (χ1) is 13.0. The third kappa shape index (κ3) is 4.06. The highest BCUT2D eigenvalue weighted by atomic mass is 35.5. The number of benzene rings is 2. The van der Waals surface area contributed by atoms with Gasteiger partial charge < -0.3 is 10.5 Å². The minimum absolute atomic E-state index is 0.0221. The average molecular weight is 387 g/mol. The molecule has 138 valence electrons. The summed E-state index contributed by atoms with van der Waals surface area (Å²) < 4.78 is 7.30. The smallest absolute Gasteiger partial charge is 0.292 e. The van der Waals surface area contributed by atoms with Gasteiger partial charge >= 0.3 is 0 Å². The van der Waals surface area contributed by atoms with Gasteiger partial charge in [0, 0.05) is 17.0 Å². The van der Waals surface area contributed by atoms with Gasteiger partial charge in [0.25, 0.3) is 5.69 Å². The maximum Gasteiger partial charge on any atom is 0.292 e. The van der Waals surface area contributed by atoms with Crippen LogP contribution in [0, 0.1) is 10.1 Å².